The van der Waals surface area contributed by atoms with Gasteiger partial charge in [0.25, 0.3) is 0 Å². The van der Waals surface area contributed by atoms with Gasteiger partial charge in [-0.2, -0.15) is 0 Å². The van der Waals surface area contributed by atoms with E-state index in [0.29, 0.717) is 34.0 Å². The van der Waals surface area contributed by atoms with Crippen molar-refractivity contribution in [1.29, 1.82) is 0 Å². The van der Waals surface area contributed by atoms with Crippen LogP contribution in [0.3, 0.4) is 0 Å². The Morgan fingerprint density at radius 1 is 0.542 bits per heavy atom. The third-order valence-electron chi connectivity index (χ3n) is 9.93. The standard InChI is InChI=1S/C45H48N4O10/c1-30-38(42(50)56-25-23-54-3)40(46-44(52)48(30)27-32-15-7-5-8-16-32)34-19-11-13-21-36(34)58-29-59-37-22-14-12-20-35(37)41-39(43(51)57-26-24-55-4)31(2)49(45(53)47-41)28-33-17-9-6-10-18-33/h5-22,40-41H,23-29H2,1-4H3,(H,46,52)(H,47,53). The molecule has 2 atom stereocenters. The molecule has 0 spiro atoms. The highest BCUT2D eigenvalue weighted by Gasteiger charge is 2.39. The summed E-state index contributed by atoms with van der Waals surface area (Å²) in [5, 5.41) is 5.98. The lowest BCUT2D eigenvalue weighted by molar-refractivity contribution is -0.141. The van der Waals surface area contributed by atoms with E-state index in [1.165, 1.54) is 24.0 Å². The molecule has 4 amide bonds. The number of hydrogen-bond acceptors (Lipinski definition) is 10. The number of nitrogens with one attached hydrogen (secondary N) is 2. The average molecular weight is 805 g/mol. The van der Waals surface area contributed by atoms with Gasteiger partial charge in [-0.25, -0.2) is 19.2 Å². The molecular formula is C45H48N4O10. The molecule has 0 fully saturated rings. The molecule has 6 rings (SSSR count). The van der Waals surface area contributed by atoms with Gasteiger partial charge in [0.1, 0.15) is 24.7 Å². The summed E-state index contributed by atoms with van der Waals surface area (Å²) in [6.07, 6.45) is 0. The molecule has 14 nitrogen and oxygen atoms in total. The highest BCUT2D eigenvalue weighted by atomic mass is 16.7. The van der Waals surface area contributed by atoms with Gasteiger partial charge in [-0.3, -0.25) is 9.80 Å². The lowest BCUT2D eigenvalue weighted by Gasteiger charge is -2.36. The molecule has 2 heterocycles. The molecule has 0 aliphatic carbocycles. The molecule has 4 aromatic carbocycles. The quantitative estimate of drug-likeness (QED) is 0.0642. The number of para-hydroxylation sites is 2. The van der Waals surface area contributed by atoms with Gasteiger partial charge < -0.3 is 39.1 Å². The Labute approximate surface area is 343 Å². The van der Waals surface area contributed by atoms with Crippen LogP contribution in [0.5, 0.6) is 11.5 Å². The van der Waals surface area contributed by atoms with Gasteiger partial charge in [0.15, 0.2) is 0 Å². The maximum Gasteiger partial charge on any atom is 0.338 e. The summed E-state index contributed by atoms with van der Waals surface area (Å²) >= 11 is 0. The van der Waals surface area contributed by atoms with Gasteiger partial charge in [-0.1, -0.05) is 97.1 Å². The number of nitrogens with zero attached hydrogens (tertiary/aromatic N) is 2. The molecular weight excluding hydrogens is 757 g/mol. The van der Waals surface area contributed by atoms with Crippen LogP contribution in [-0.4, -0.2) is 81.2 Å². The number of benzene rings is 4. The van der Waals surface area contributed by atoms with E-state index in [-0.39, 0.29) is 57.5 Å². The van der Waals surface area contributed by atoms with Crippen LogP contribution in [0.1, 0.15) is 48.2 Å². The zero-order valence-electron chi connectivity index (χ0n) is 33.5. The average Bonchev–Trinajstić information content (AvgIpc) is 3.24. The molecule has 59 heavy (non-hydrogen) atoms. The molecule has 2 unspecified atom stereocenters. The van der Waals surface area contributed by atoms with Crippen LogP contribution in [0, 0.1) is 0 Å². The number of amides is 4. The summed E-state index contributed by atoms with van der Waals surface area (Å²) in [5.74, 6) is -0.552. The number of urea groups is 2. The second kappa shape index (κ2) is 20.2. The zero-order valence-corrected chi connectivity index (χ0v) is 33.5. The molecule has 14 heteroatoms. The number of esters is 2. The highest BCUT2D eigenvalue weighted by molar-refractivity contribution is 5.96. The van der Waals surface area contributed by atoms with Crippen molar-refractivity contribution in [3.8, 4) is 11.5 Å². The predicted octanol–water partition coefficient (Wildman–Crippen LogP) is 6.56. The van der Waals surface area contributed by atoms with Crippen molar-refractivity contribution in [2.75, 3.05) is 47.4 Å². The maximum absolute atomic E-state index is 13.7. The second-order valence-electron chi connectivity index (χ2n) is 13.6. The topological polar surface area (TPSA) is 154 Å². The lowest BCUT2D eigenvalue weighted by atomic mass is 9.94. The van der Waals surface area contributed by atoms with Crippen LogP contribution in [0.4, 0.5) is 9.59 Å². The fraction of sp³-hybridized carbons (Fsp3) is 0.289. The number of allylic oxidation sites excluding steroid dienone is 2. The molecule has 0 saturated carbocycles. The first-order valence-electron chi connectivity index (χ1n) is 19.1. The van der Waals surface area contributed by atoms with Crippen molar-refractivity contribution in [2.45, 2.75) is 39.0 Å². The summed E-state index contributed by atoms with van der Waals surface area (Å²) in [6, 6.07) is 30.3. The van der Waals surface area contributed by atoms with Crippen LogP contribution >= 0.6 is 0 Å². The summed E-state index contributed by atoms with van der Waals surface area (Å²) in [7, 11) is 3.02. The van der Waals surface area contributed by atoms with Gasteiger partial charge in [0.05, 0.1) is 49.5 Å². The Balaban J connectivity index is 1.26. The van der Waals surface area contributed by atoms with Crippen LogP contribution in [0.2, 0.25) is 0 Å². The van der Waals surface area contributed by atoms with E-state index in [9.17, 15) is 19.2 Å². The van der Waals surface area contributed by atoms with Crippen molar-refractivity contribution in [1.82, 2.24) is 20.4 Å². The van der Waals surface area contributed by atoms with E-state index in [0.717, 1.165) is 11.1 Å². The van der Waals surface area contributed by atoms with Crippen LogP contribution in [0.25, 0.3) is 0 Å². The van der Waals surface area contributed by atoms with Gasteiger partial charge in [-0.05, 0) is 37.1 Å². The molecule has 2 N–H and O–H groups in total. The molecule has 4 aromatic rings. The van der Waals surface area contributed by atoms with Gasteiger partial charge in [0, 0.05) is 36.7 Å². The van der Waals surface area contributed by atoms with E-state index >= 15 is 0 Å². The summed E-state index contributed by atoms with van der Waals surface area (Å²) in [4.78, 5) is 57.8. The van der Waals surface area contributed by atoms with E-state index in [4.69, 9.17) is 28.4 Å². The first kappa shape index (κ1) is 42.0. The van der Waals surface area contributed by atoms with Gasteiger partial charge >= 0.3 is 24.0 Å². The normalized spacial score (nSPS) is 16.7. The highest BCUT2D eigenvalue weighted by Crippen LogP contribution is 2.38. The van der Waals surface area contributed by atoms with Crippen molar-refractivity contribution < 1.29 is 47.6 Å². The lowest BCUT2D eigenvalue weighted by Crippen LogP contribution is -2.47. The summed E-state index contributed by atoms with van der Waals surface area (Å²) in [5.41, 5.74) is 4.09. The van der Waals surface area contributed by atoms with Crippen molar-refractivity contribution in [3.05, 3.63) is 154 Å². The van der Waals surface area contributed by atoms with Crippen molar-refractivity contribution >= 4 is 24.0 Å². The van der Waals surface area contributed by atoms with Gasteiger partial charge in [0.2, 0.25) is 6.79 Å². The summed E-state index contributed by atoms with van der Waals surface area (Å²) < 4.78 is 33.8. The van der Waals surface area contributed by atoms with E-state index < -0.39 is 36.1 Å². The molecule has 308 valence electrons. The van der Waals surface area contributed by atoms with Crippen LogP contribution < -0.4 is 20.1 Å². The maximum atomic E-state index is 13.7. The monoisotopic (exact) mass is 804 g/mol. The molecule has 0 saturated heterocycles. The van der Waals surface area contributed by atoms with Crippen molar-refractivity contribution in [3.63, 3.8) is 0 Å². The fourth-order valence-electron chi connectivity index (χ4n) is 6.92. The van der Waals surface area contributed by atoms with Gasteiger partial charge in [-0.15, -0.1) is 0 Å². The minimum atomic E-state index is -0.927. The molecule has 0 aromatic heterocycles. The van der Waals surface area contributed by atoms with E-state index in [1.807, 2.05) is 60.7 Å². The number of carbonyl (C=O) groups is 4. The Hall–Kier alpha value is -6.64. The molecule has 0 bridgehead atoms. The molecule has 2 aliphatic heterocycles. The number of ether oxygens (including phenoxy) is 6. The Morgan fingerprint density at radius 3 is 1.31 bits per heavy atom. The Bertz CT molecular complexity index is 2020. The molecule has 2 aliphatic rings. The van der Waals surface area contributed by atoms with E-state index in [2.05, 4.69) is 10.6 Å². The Morgan fingerprint density at radius 2 is 0.915 bits per heavy atom. The van der Waals surface area contributed by atoms with Crippen molar-refractivity contribution in [2.24, 2.45) is 0 Å². The molecule has 0 radical (unpaired) electrons. The number of methoxy groups -OCH3 is 2. The number of rotatable bonds is 18. The number of hydrogen-bond donors (Lipinski definition) is 2. The first-order chi connectivity index (χ1) is 28.7. The third-order valence-corrected chi connectivity index (χ3v) is 9.93. The third kappa shape index (κ3) is 10.1. The first-order valence-corrected chi connectivity index (χ1v) is 19.1. The Kier molecular flexibility index (Phi) is 14.4. The van der Waals surface area contributed by atoms with E-state index in [1.54, 1.807) is 62.4 Å². The number of carbonyl (C=O) groups excluding carboxylic acids is 4. The predicted molar refractivity (Wildman–Crippen MR) is 217 cm³/mol. The minimum Gasteiger partial charge on any atom is -0.460 e. The SMILES string of the molecule is COCCOC(=O)C1=C(C)N(Cc2ccccc2)C(=O)NC1c1ccccc1OCOc1ccccc1C1NC(=O)N(Cc2ccccc2)C(C)=C1C(=O)OCCOC. The van der Waals surface area contributed by atoms with Crippen LogP contribution in [0.15, 0.2) is 132 Å². The fourth-order valence-corrected chi connectivity index (χ4v) is 6.92. The zero-order chi connectivity index (χ0) is 41.7. The van der Waals surface area contributed by atoms with Crippen LogP contribution in [-0.2, 0) is 41.6 Å². The smallest absolute Gasteiger partial charge is 0.338 e. The second-order valence-corrected chi connectivity index (χ2v) is 13.6. The summed E-state index contributed by atoms with van der Waals surface area (Å²) in [6.45, 7) is 4.02. The largest absolute Gasteiger partial charge is 0.460 e. The minimum absolute atomic E-state index is 0.0185.